The minimum absolute atomic E-state index is 0.0405. The van der Waals surface area contributed by atoms with Gasteiger partial charge in [0.25, 0.3) is 0 Å². The van der Waals surface area contributed by atoms with Gasteiger partial charge in [-0.25, -0.2) is 4.98 Å². The molecule has 0 unspecified atom stereocenters. The number of aromatic nitrogens is 1. The number of oxazole rings is 1. The zero-order chi connectivity index (χ0) is 22.1. The summed E-state index contributed by atoms with van der Waals surface area (Å²) in [4.78, 5) is 15.5. The average molecular weight is 421 g/mol. The average Bonchev–Trinajstić information content (AvgIpc) is 3.22. The van der Waals surface area contributed by atoms with Crippen LogP contribution in [0.4, 0.5) is 13.2 Å². The molecular formula is C22H22F3NO4. The second kappa shape index (κ2) is 8.38. The van der Waals surface area contributed by atoms with Crippen molar-refractivity contribution in [3.63, 3.8) is 0 Å². The van der Waals surface area contributed by atoms with Crippen molar-refractivity contribution in [2.24, 2.45) is 0 Å². The maximum absolute atomic E-state index is 12.7. The molecule has 8 heteroatoms. The van der Waals surface area contributed by atoms with Crippen LogP contribution >= 0.6 is 0 Å². The summed E-state index contributed by atoms with van der Waals surface area (Å²) in [5.74, 6) is 1.02. The summed E-state index contributed by atoms with van der Waals surface area (Å²) in [6, 6.07) is 6.61. The molecule has 2 aromatic heterocycles. The van der Waals surface area contributed by atoms with Gasteiger partial charge in [0.2, 0.25) is 0 Å². The molecule has 0 bridgehead atoms. The Morgan fingerprint density at radius 1 is 1.13 bits per heavy atom. The Labute approximate surface area is 171 Å². The molecule has 2 heterocycles. The molecule has 0 spiro atoms. The van der Waals surface area contributed by atoms with E-state index in [2.05, 4.69) is 4.98 Å². The van der Waals surface area contributed by atoms with Crippen molar-refractivity contribution in [3.8, 4) is 11.3 Å². The number of carbonyl (C=O) groups is 1. The van der Waals surface area contributed by atoms with Crippen LogP contribution in [0.25, 0.3) is 11.3 Å². The number of halogens is 3. The van der Waals surface area contributed by atoms with Crippen LogP contribution in [0.5, 0.6) is 0 Å². The summed E-state index contributed by atoms with van der Waals surface area (Å²) >= 11 is 0. The Bertz CT molecular complexity index is 1030. The van der Waals surface area contributed by atoms with Crippen molar-refractivity contribution < 1.29 is 31.9 Å². The molecule has 0 fully saturated rings. The minimum atomic E-state index is -4.38. The van der Waals surface area contributed by atoms with E-state index in [9.17, 15) is 18.0 Å². The molecule has 0 atom stereocenters. The number of carboxylic acid groups (broad SMARTS) is 1. The number of aliphatic carboxylic acids is 1. The summed E-state index contributed by atoms with van der Waals surface area (Å²) in [5.41, 5.74) is 1.37. The highest BCUT2D eigenvalue weighted by Crippen LogP contribution is 2.32. The number of benzene rings is 1. The smallest absolute Gasteiger partial charge is 0.416 e. The molecule has 1 aromatic carbocycles. The molecule has 30 heavy (non-hydrogen) atoms. The molecule has 0 aliphatic rings. The van der Waals surface area contributed by atoms with Crippen LogP contribution in [-0.2, 0) is 30.2 Å². The molecule has 3 rings (SSSR count). The third kappa shape index (κ3) is 4.93. The van der Waals surface area contributed by atoms with Crippen LogP contribution in [0, 0.1) is 6.92 Å². The van der Waals surface area contributed by atoms with E-state index in [1.165, 1.54) is 12.1 Å². The van der Waals surface area contributed by atoms with E-state index < -0.39 is 17.7 Å². The second-order valence-electron chi connectivity index (χ2n) is 7.41. The van der Waals surface area contributed by atoms with Crippen LogP contribution in [0.15, 0.2) is 39.2 Å². The quantitative estimate of drug-likeness (QED) is 0.522. The molecule has 160 valence electrons. The third-order valence-electron chi connectivity index (χ3n) is 4.76. The van der Waals surface area contributed by atoms with E-state index in [1.807, 2.05) is 13.8 Å². The number of hydrogen-bond acceptors (Lipinski definition) is 4. The van der Waals surface area contributed by atoms with E-state index in [1.54, 1.807) is 13.0 Å². The molecule has 0 aliphatic carbocycles. The van der Waals surface area contributed by atoms with Crippen molar-refractivity contribution in [1.29, 1.82) is 0 Å². The summed E-state index contributed by atoms with van der Waals surface area (Å²) in [6.45, 7) is 5.63. The lowest BCUT2D eigenvalue weighted by atomic mass is 10.1. The van der Waals surface area contributed by atoms with Gasteiger partial charge in [0.15, 0.2) is 5.89 Å². The van der Waals surface area contributed by atoms with Crippen molar-refractivity contribution in [2.45, 2.75) is 52.1 Å². The van der Waals surface area contributed by atoms with Gasteiger partial charge in [0.1, 0.15) is 23.7 Å². The zero-order valence-electron chi connectivity index (χ0n) is 16.8. The fourth-order valence-corrected chi connectivity index (χ4v) is 3.21. The highest BCUT2D eigenvalue weighted by molar-refractivity contribution is 5.69. The number of carboxylic acids is 1. The van der Waals surface area contributed by atoms with E-state index >= 15 is 0 Å². The predicted octanol–water partition coefficient (Wildman–Crippen LogP) is 5.80. The molecule has 0 amide bonds. The van der Waals surface area contributed by atoms with Crippen molar-refractivity contribution in [3.05, 3.63) is 64.6 Å². The molecule has 0 radical (unpaired) electrons. The summed E-state index contributed by atoms with van der Waals surface area (Å²) in [5, 5.41) is 9.04. The predicted molar refractivity (Wildman–Crippen MR) is 103 cm³/mol. The summed E-state index contributed by atoms with van der Waals surface area (Å²) in [6.07, 6.45) is -3.61. The van der Waals surface area contributed by atoms with Crippen molar-refractivity contribution >= 4 is 5.97 Å². The highest BCUT2D eigenvalue weighted by atomic mass is 19.4. The van der Waals surface area contributed by atoms with Gasteiger partial charge in [0.05, 0.1) is 11.3 Å². The lowest BCUT2D eigenvalue weighted by molar-refractivity contribution is -0.138. The maximum Gasteiger partial charge on any atom is 0.416 e. The summed E-state index contributed by atoms with van der Waals surface area (Å²) < 4.78 is 49.6. The minimum Gasteiger partial charge on any atom is -0.481 e. The van der Waals surface area contributed by atoms with E-state index in [0.29, 0.717) is 47.3 Å². The molecule has 0 aliphatic heterocycles. The van der Waals surface area contributed by atoms with Crippen molar-refractivity contribution in [1.82, 2.24) is 4.98 Å². The molecule has 5 nitrogen and oxygen atoms in total. The Hall–Kier alpha value is -3.03. The van der Waals surface area contributed by atoms with E-state index in [4.69, 9.17) is 13.9 Å². The molecule has 0 saturated carbocycles. The summed E-state index contributed by atoms with van der Waals surface area (Å²) in [7, 11) is 0. The van der Waals surface area contributed by atoms with E-state index in [-0.39, 0.29) is 12.3 Å². The number of rotatable bonds is 7. The van der Waals surface area contributed by atoms with Gasteiger partial charge in [-0.2, -0.15) is 13.2 Å². The fourth-order valence-electron chi connectivity index (χ4n) is 3.21. The van der Waals surface area contributed by atoms with Crippen molar-refractivity contribution in [2.75, 3.05) is 0 Å². The first kappa shape index (κ1) is 21.7. The largest absolute Gasteiger partial charge is 0.481 e. The monoisotopic (exact) mass is 421 g/mol. The van der Waals surface area contributed by atoms with Crippen LogP contribution < -0.4 is 0 Å². The Morgan fingerprint density at radius 2 is 1.80 bits per heavy atom. The Kier molecular flexibility index (Phi) is 6.05. The maximum atomic E-state index is 12.7. The van der Waals surface area contributed by atoms with Gasteiger partial charge in [0, 0.05) is 12.0 Å². The molecule has 1 N–H and O–H groups in total. The highest BCUT2D eigenvalue weighted by Gasteiger charge is 2.30. The first-order valence-electron chi connectivity index (χ1n) is 9.51. The van der Waals surface area contributed by atoms with Gasteiger partial charge in [-0.05, 0) is 43.0 Å². The number of alkyl halides is 3. The normalized spacial score (nSPS) is 12.0. The van der Waals surface area contributed by atoms with Crippen LogP contribution in [0.2, 0.25) is 0 Å². The first-order chi connectivity index (χ1) is 14.0. The first-order valence-corrected chi connectivity index (χ1v) is 9.51. The Balaban J connectivity index is 1.75. The SMILES string of the molecule is Cc1oc(-c2ccc(C(F)(F)F)cc2)cc1CCc1nc(C(C)C)c(CC(=O)O)o1. The molecular weight excluding hydrogens is 399 g/mol. The number of furan rings is 1. The van der Waals surface area contributed by atoms with Gasteiger partial charge in [-0.3, -0.25) is 4.79 Å². The molecule has 3 aromatic rings. The van der Waals surface area contributed by atoms with Crippen LogP contribution in [0.1, 0.15) is 54.0 Å². The zero-order valence-corrected chi connectivity index (χ0v) is 16.8. The topological polar surface area (TPSA) is 76.5 Å². The lowest BCUT2D eigenvalue weighted by Crippen LogP contribution is -2.03. The van der Waals surface area contributed by atoms with Gasteiger partial charge in [-0.15, -0.1) is 0 Å². The fraction of sp³-hybridized carbons (Fsp3) is 0.364. The standard InChI is InChI=1S/C22H22F3NO4/c1-12(2)21-18(11-20(27)28)30-19(26-21)9-6-15-10-17(29-13(15)3)14-4-7-16(8-5-14)22(23,24)25/h4-5,7-8,10,12H,6,9,11H2,1-3H3,(H,27,28). The van der Waals surface area contributed by atoms with Crippen LogP contribution in [-0.4, -0.2) is 16.1 Å². The third-order valence-corrected chi connectivity index (χ3v) is 4.76. The number of aryl methyl sites for hydroxylation is 3. The van der Waals surface area contributed by atoms with Crippen LogP contribution in [0.3, 0.4) is 0 Å². The Morgan fingerprint density at radius 3 is 2.37 bits per heavy atom. The number of hydrogen-bond donors (Lipinski definition) is 1. The van der Waals surface area contributed by atoms with E-state index in [0.717, 1.165) is 17.7 Å². The molecule has 0 saturated heterocycles. The van der Waals surface area contributed by atoms with Gasteiger partial charge < -0.3 is 13.9 Å². The number of nitrogens with zero attached hydrogens (tertiary/aromatic N) is 1. The lowest BCUT2D eigenvalue weighted by Gasteiger charge is -2.06. The van der Waals surface area contributed by atoms with Gasteiger partial charge >= 0.3 is 12.1 Å². The second-order valence-corrected chi connectivity index (χ2v) is 7.41. The van der Waals surface area contributed by atoms with Gasteiger partial charge in [-0.1, -0.05) is 26.0 Å².